The number of carbonyl (C=O) groups is 1. The van der Waals surface area contributed by atoms with Crippen molar-refractivity contribution in [3.8, 4) is 0 Å². The van der Waals surface area contributed by atoms with Gasteiger partial charge in [-0.3, -0.25) is 14.2 Å². The van der Waals surface area contributed by atoms with Gasteiger partial charge in [-0.1, -0.05) is 0 Å². The highest BCUT2D eigenvalue weighted by Crippen LogP contribution is 2.01. The van der Waals surface area contributed by atoms with Crippen LogP contribution in [0.2, 0.25) is 0 Å². The highest BCUT2D eigenvalue weighted by atomic mass is 32.1. The van der Waals surface area contributed by atoms with Gasteiger partial charge in [0.25, 0.3) is 11.5 Å². The average Bonchev–Trinajstić information content (AvgIpc) is 2.73. The summed E-state index contributed by atoms with van der Waals surface area (Å²) < 4.78 is 1.36. The van der Waals surface area contributed by atoms with Crippen LogP contribution in [0.25, 0.3) is 0 Å². The third-order valence-corrected chi connectivity index (χ3v) is 2.58. The number of nitrogens with two attached hydrogens (primary N) is 1. The standard InChI is InChI=1S/C9H8N4O2S/c10-9(15)7-1-8(14)13(4-11-7)2-6-3-16-5-12-6/h1,3-5H,2H2,(H2,10,15). The van der Waals surface area contributed by atoms with Crippen molar-refractivity contribution in [2.24, 2.45) is 5.73 Å². The normalized spacial score (nSPS) is 10.2. The van der Waals surface area contributed by atoms with E-state index in [1.165, 1.54) is 22.2 Å². The van der Waals surface area contributed by atoms with Gasteiger partial charge in [0.05, 0.1) is 24.1 Å². The van der Waals surface area contributed by atoms with E-state index in [0.717, 1.165) is 11.8 Å². The van der Waals surface area contributed by atoms with Crippen LogP contribution >= 0.6 is 11.3 Å². The molecule has 0 aliphatic heterocycles. The third-order valence-electron chi connectivity index (χ3n) is 1.95. The summed E-state index contributed by atoms with van der Waals surface area (Å²) in [6.07, 6.45) is 1.29. The molecular formula is C9H8N4O2S. The molecule has 0 radical (unpaired) electrons. The van der Waals surface area contributed by atoms with Crippen molar-refractivity contribution < 1.29 is 4.79 Å². The summed E-state index contributed by atoms with van der Waals surface area (Å²) in [5.41, 5.74) is 7.12. The maximum absolute atomic E-state index is 11.6. The molecule has 82 valence electrons. The second-order valence-electron chi connectivity index (χ2n) is 3.08. The van der Waals surface area contributed by atoms with Gasteiger partial charge in [0.2, 0.25) is 0 Å². The zero-order valence-electron chi connectivity index (χ0n) is 8.16. The van der Waals surface area contributed by atoms with Gasteiger partial charge in [0.15, 0.2) is 0 Å². The Morgan fingerprint density at radius 2 is 2.31 bits per heavy atom. The Kier molecular flexibility index (Phi) is 2.78. The summed E-state index contributed by atoms with van der Waals surface area (Å²) in [7, 11) is 0. The Balaban J connectivity index is 2.30. The van der Waals surface area contributed by atoms with Gasteiger partial charge in [-0.05, 0) is 0 Å². The van der Waals surface area contributed by atoms with Gasteiger partial charge in [-0.2, -0.15) is 0 Å². The van der Waals surface area contributed by atoms with E-state index in [2.05, 4.69) is 9.97 Å². The highest BCUT2D eigenvalue weighted by molar-refractivity contribution is 7.07. The summed E-state index contributed by atoms with van der Waals surface area (Å²) >= 11 is 1.45. The Labute approximate surface area is 94.4 Å². The largest absolute Gasteiger partial charge is 0.364 e. The van der Waals surface area contributed by atoms with E-state index < -0.39 is 5.91 Å². The first-order valence-corrected chi connectivity index (χ1v) is 5.34. The minimum atomic E-state index is -0.710. The van der Waals surface area contributed by atoms with Crippen LogP contribution in [0.3, 0.4) is 0 Å². The average molecular weight is 236 g/mol. The molecule has 0 saturated heterocycles. The molecule has 2 rings (SSSR count). The van der Waals surface area contributed by atoms with Crippen molar-refractivity contribution in [2.75, 3.05) is 0 Å². The number of aromatic nitrogens is 3. The van der Waals surface area contributed by atoms with Crippen LogP contribution in [0, 0.1) is 0 Å². The van der Waals surface area contributed by atoms with Crippen LogP contribution in [0.15, 0.2) is 28.1 Å². The number of carbonyl (C=O) groups excluding carboxylic acids is 1. The highest BCUT2D eigenvalue weighted by Gasteiger charge is 2.05. The van der Waals surface area contributed by atoms with Gasteiger partial charge in [0, 0.05) is 11.4 Å². The molecule has 16 heavy (non-hydrogen) atoms. The van der Waals surface area contributed by atoms with Crippen molar-refractivity contribution in [3.05, 3.63) is 45.0 Å². The SMILES string of the molecule is NC(=O)c1cc(=O)n(Cc2cscn2)cn1. The molecule has 6 nitrogen and oxygen atoms in total. The molecule has 2 aromatic rings. The fourth-order valence-corrected chi connectivity index (χ4v) is 1.72. The van der Waals surface area contributed by atoms with Crippen LogP contribution in [0.4, 0.5) is 0 Å². The first-order chi connectivity index (χ1) is 7.66. The number of hydrogen-bond acceptors (Lipinski definition) is 5. The van der Waals surface area contributed by atoms with E-state index in [1.54, 1.807) is 5.51 Å². The lowest BCUT2D eigenvalue weighted by Gasteiger charge is -2.02. The minimum Gasteiger partial charge on any atom is -0.364 e. The van der Waals surface area contributed by atoms with E-state index >= 15 is 0 Å². The fourth-order valence-electron chi connectivity index (χ4n) is 1.17. The van der Waals surface area contributed by atoms with Crippen molar-refractivity contribution in [1.29, 1.82) is 0 Å². The molecule has 0 aliphatic carbocycles. The smallest absolute Gasteiger partial charge is 0.267 e. The Morgan fingerprint density at radius 3 is 2.88 bits per heavy atom. The lowest BCUT2D eigenvalue weighted by Crippen LogP contribution is -2.24. The molecule has 1 amide bonds. The summed E-state index contributed by atoms with van der Waals surface area (Å²) in [6.45, 7) is 0.342. The van der Waals surface area contributed by atoms with Gasteiger partial charge < -0.3 is 5.73 Å². The predicted molar refractivity (Wildman–Crippen MR) is 58.2 cm³/mol. The Bertz CT molecular complexity index is 561. The second-order valence-corrected chi connectivity index (χ2v) is 3.80. The molecule has 0 atom stereocenters. The fraction of sp³-hybridized carbons (Fsp3) is 0.111. The summed E-state index contributed by atoms with van der Waals surface area (Å²) in [5.74, 6) is -0.710. The van der Waals surface area contributed by atoms with Crippen molar-refractivity contribution in [3.63, 3.8) is 0 Å². The van der Waals surface area contributed by atoms with E-state index in [-0.39, 0.29) is 11.3 Å². The molecule has 2 N–H and O–H groups in total. The zero-order valence-corrected chi connectivity index (χ0v) is 8.98. The summed E-state index contributed by atoms with van der Waals surface area (Å²) in [5, 5.41) is 1.84. The van der Waals surface area contributed by atoms with E-state index in [1.807, 2.05) is 5.38 Å². The Morgan fingerprint density at radius 1 is 1.50 bits per heavy atom. The molecule has 0 unspecified atom stereocenters. The molecule has 2 aromatic heterocycles. The first-order valence-electron chi connectivity index (χ1n) is 4.40. The topological polar surface area (TPSA) is 90.9 Å². The zero-order chi connectivity index (χ0) is 11.5. The van der Waals surface area contributed by atoms with Crippen molar-refractivity contribution >= 4 is 17.2 Å². The minimum absolute atomic E-state index is 0.0282. The second kappa shape index (κ2) is 4.23. The Hall–Kier alpha value is -2.02. The predicted octanol–water partition coefficient (Wildman–Crippen LogP) is -0.153. The molecule has 0 fully saturated rings. The maximum Gasteiger partial charge on any atom is 0.267 e. The summed E-state index contributed by atoms with van der Waals surface area (Å²) in [4.78, 5) is 30.2. The van der Waals surface area contributed by atoms with Gasteiger partial charge in [-0.15, -0.1) is 11.3 Å². The number of rotatable bonds is 3. The molecule has 0 spiro atoms. The quantitative estimate of drug-likeness (QED) is 0.802. The number of hydrogen-bond donors (Lipinski definition) is 1. The van der Waals surface area contributed by atoms with E-state index in [0.29, 0.717) is 6.54 Å². The molecule has 7 heteroatoms. The van der Waals surface area contributed by atoms with Gasteiger partial charge >= 0.3 is 0 Å². The third kappa shape index (κ3) is 2.14. The number of nitrogens with zero attached hydrogens (tertiary/aromatic N) is 3. The lowest BCUT2D eigenvalue weighted by molar-refractivity contribution is 0.0995. The van der Waals surface area contributed by atoms with Crippen LogP contribution in [-0.2, 0) is 6.54 Å². The lowest BCUT2D eigenvalue weighted by atomic mass is 10.4. The maximum atomic E-state index is 11.6. The van der Waals surface area contributed by atoms with Crippen LogP contribution < -0.4 is 11.3 Å². The molecule has 2 heterocycles. The van der Waals surface area contributed by atoms with E-state index in [9.17, 15) is 9.59 Å². The van der Waals surface area contributed by atoms with Gasteiger partial charge in [0.1, 0.15) is 5.69 Å². The van der Waals surface area contributed by atoms with Crippen LogP contribution in [-0.4, -0.2) is 20.4 Å². The molecule has 0 aliphatic rings. The van der Waals surface area contributed by atoms with Crippen molar-refractivity contribution in [2.45, 2.75) is 6.54 Å². The number of primary amides is 1. The van der Waals surface area contributed by atoms with Crippen LogP contribution in [0.5, 0.6) is 0 Å². The molecule has 0 aromatic carbocycles. The summed E-state index contributed by atoms with van der Waals surface area (Å²) in [6, 6.07) is 1.12. The molecular weight excluding hydrogens is 228 g/mol. The first kappa shape index (κ1) is 10.5. The number of thiazole rings is 1. The van der Waals surface area contributed by atoms with E-state index in [4.69, 9.17) is 5.73 Å². The number of amides is 1. The van der Waals surface area contributed by atoms with Crippen molar-refractivity contribution in [1.82, 2.24) is 14.5 Å². The van der Waals surface area contributed by atoms with Crippen LogP contribution in [0.1, 0.15) is 16.2 Å². The molecule has 0 bridgehead atoms. The van der Waals surface area contributed by atoms with Gasteiger partial charge in [-0.25, -0.2) is 9.97 Å². The monoisotopic (exact) mass is 236 g/mol. The molecule has 0 saturated carbocycles.